The molecule has 1 aromatic carbocycles. The third-order valence-corrected chi connectivity index (χ3v) is 5.71. The number of nitrogens with two attached hydrogens (primary N) is 1. The van der Waals surface area contributed by atoms with Crippen LogP contribution in [-0.2, 0) is 10.5 Å². The van der Waals surface area contributed by atoms with E-state index in [2.05, 4.69) is 4.98 Å². The molecule has 2 heterocycles. The molecule has 1 aromatic heterocycles. The number of piperidine rings is 1. The van der Waals surface area contributed by atoms with E-state index in [4.69, 9.17) is 21.8 Å². The van der Waals surface area contributed by atoms with Crippen molar-refractivity contribution in [2.24, 2.45) is 5.73 Å². The maximum Gasteiger partial charge on any atom is 0.235 e. The van der Waals surface area contributed by atoms with Crippen molar-refractivity contribution in [2.45, 2.75) is 36.8 Å². The minimum atomic E-state index is -0.125. The molecule has 2 N–H and O–H groups in total. The Hall–Kier alpha value is -0.920. The molecule has 0 spiro atoms. The number of likely N-dealkylation sites (tertiary alicyclic amines) is 1. The van der Waals surface area contributed by atoms with Gasteiger partial charge in [-0.3, -0.25) is 4.79 Å². The first-order chi connectivity index (χ1) is 12.0. The van der Waals surface area contributed by atoms with Crippen molar-refractivity contribution in [3.63, 3.8) is 0 Å². The van der Waals surface area contributed by atoms with Gasteiger partial charge < -0.3 is 15.1 Å². The summed E-state index contributed by atoms with van der Waals surface area (Å²) in [6, 6.07) is 7.66. The van der Waals surface area contributed by atoms with E-state index >= 15 is 0 Å². The first kappa shape index (κ1) is 24.1. The Labute approximate surface area is 181 Å². The van der Waals surface area contributed by atoms with Crippen molar-refractivity contribution in [1.82, 2.24) is 9.88 Å². The largest absolute Gasteiger partial charge is 0.440 e. The van der Waals surface area contributed by atoms with E-state index in [9.17, 15) is 4.79 Å². The molecule has 0 radical (unpaired) electrons. The molecule has 1 amide bonds. The van der Waals surface area contributed by atoms with Crippen molar-refractivity contribution in [2.75, 3.05) is 13.1 Å². The first-order valence-electron chi connectivity index (χ1n) is 8.39. The van der Waals surface area contributed by atoms with Crippen LogP contribution in [0.4, 0.5) is 0 Å². The molecule has 0 bridgehead atoms. The minimum absolute atomic E-state index is 0. The Bertz CT molecular complexity index is 719. The first-order valence-corrected chi connectivity index (χ1v) is 9.82. The quantitative estimate of drug-likeness (QED) is 0.727. The highest BCUT2D eigenvalue weighted by Crippen LogP contribution is 2.25. The molecule has 1 unspecified atom stereocenters. The van der Waals surface area contributed by atoms with Crippen LogP contribution in [-0.4, -0.2) is 40.2 Å². The molecule has 0 aliphatic carbocycles. The molecule has 5 nitrogen and oxygen atoms in total. The van der Waals surface area contributed by atoms with Gasteiger partial charge in [0.1, 0.15) is 0 Å². The zero-order valence-electron chi connectivity index (χ0n) is 15.0. The predicted molar refractivity (Wildman–Crippen MR) is 116 cm³/mol. The Balaban J connectivity index is 0.00000182. The van der Waals surface area contributed by atoms with Crippen molar-refractivity contribution < 1.29 is 9.21 Å². The fraction of sp³-hybridized carbons (Fsp3) is 0.444. The lowest BCUT2D eigenvalue weighted by Crippen LogP contribution is -2.45. The van der Waals surface area contributed by atoms with Crippen LogP contribution < -0.4 is 5.73 Å². The minimum Gasteiger partial charge on any atom is -0.440 e. The lowest BCUT2D eigenvalue weighted by atomic mass is 10.1. The van der Waals surface area contributed by atoms with Crippen LogP contribution in [0.3, 0.4) is 0 Å². The van der Waals surface area contributed by atoms with E-state index in [-0.39, 0.29) is 42.0 Å². The van der Waals surface area contributed by atoms with Gasteiger partial charge in [-0.1, -0.05) is 11.6 Å². The van der Waals surface area contributed by atoms with Gasteiger partial charge in [-0.2, -0.15) is 0 Å². The summed E-state index contributed by atoms with van der Waals surface area (Å²) in [7, 11) is 0. The number of nitrogens with zero attached hydrogens (tertiary/aromatic N) is 2. The smallest absolute Gasteiger partial charge is 0.235 e. The SMILES string of the molecule is CC(SCc1ncc(-c2ccc(Cl)cc2)o1)C(=O)N1CCC(N)CC1.Cl.Cl. The molecular weight excluding hydrogens is 429 g/mol. The fourth-order valence-corrected chi connectivity index (χ4v) is 3.71. The normalized spacial score (nSPS) is 15.6. The van der Waals surface area contributed by atoms with Gasteiger partial charge in [0.2, 0.25) is 11.8 Å². The highest BCUT2D eigenvalue weighted by Gasteiger charge is 2.25. The summed E-state index contributed by atoms with van der Waals surface area (Å²) in [5.41, 5.74) is 6.83. The van der Waals surface area contributed by atoms with Crippen LogP contribution in [0.1, 0.15) is 25.7 Å². The number of thioether (sulfide) groups is 1. The molecule has 27 heavy (non-hydrogen) atoms. The number of amides is 1. The number of hydrogen-bond donors (Lipinski definition) is 1. The van der Waals surface area contributed by atoms with Crippen LogP contribution in [0.2, 0.25) is 5.02 Å². The van der Waals surface area contributed by atoms with Gasteiger partial charge in [0.05, 0.1) is 17.2 Å². The topological polar surface area (TPSA) is 72.4 Å². The molecular formula is C18H24Cl3N3O2S. The maximum atomic E-state index is 12.5. The van der Waals surface area contributed by atoms with Crippen LogP contribution in [0.15, 0.2) is 34.9 Å². The molecule has 1 atom stereocenters. The fourth-order valence-electron chi connectivity index (χ4n) is 2.77. The second-order valence-corrected chi connectivity index (χ2v) is 8.01. The Kier molecular flexibility index (Phi) is 9.98. The molecule has 0 saturated carbocycles. The summed E-state index contributed by atoms with van der Waals surface area (Å²) >= 11 is 7.44. The van der Waals surface area contributed by atoms with Gasteiger partial charge in [0, 0.05) is 29.7 Å². The van der Waals surface area contributed by atoms with Crippen molar-refractivity contribution in [1.29, 1.82) is 0 Å². The molecule has 2 aromatic rings. The zero-order chi connectivity index (χ0) is 17.8. The van der Waals surface area contributed by atoms with E-state index in [0.29, 0.717) is 22.4 Å². The molecule has 1 aliphatic heterocycles. The van der Waals surface area contributed by atoms with Gasteiger partial charge in [-0.15, -0.1) is 36.6 Å². The number of benzene rings is 1. The second-order valence-electron chi connectivity index (χ2n) is 6.24. The Morgan fingerprint density at radius 1 is 1.33 bits per heavy atom. The molecule has 150 valence electrons. The van der Waals surface area contributed by atoms with Gasteiger partial charge >= 0.3 is 0 Å². The number of halogens is 3. The molecule has 9 heteroatoms. The monoisotopic (exact) mass is 451 g/mol. The Morgan fingerprint density at radius 2 is 1.96 bits per heavy atom. The van der Waals surface area contributed by atoms with E-state index in [1.807, 2.05) is 36.1 Å². The van der Waals surface area contributed by atoms with E-state index in [0.717, 1.165) is 31.5 Å². The van der Waals surface area contributed by atoms with Gasteiger partial charge in [0.25, 0.3) is 0 Å². The summed E-state index contributed by atoms with van der Waals surface area (Å²) in [5.74, 6) is 2.06. The van der Waals surface area contributed by atoms with Crippen molar-refractivity contribution in [3.8, 4) is 11.3 Å². The summed E-state index contributed by atoms with van der Waals surface area (Å²) in [4.78, 5) is 18.7. The van der Waals surface area contributed by atoms with Gasteiger partial charge in [0.15, 0.2) is 5.76 Å². The number of carbonyl (C=O) groups is 1. The molecule has 3 rings (SSSR count). The molecule has 1 aliphatic rings. The highest BCUT2D eigenvalue weighted by atomic mass is 35.5. The predicted octanol–water partition coefficient (Wildman–Crippen LogP) is 4.41. The number of aromatic nitrogens is 1. The Morgan fingerprint density at radius 3 is 2.59 bits per heavy atom. The van der Waals surface area contributed by atoms with Crippen LogP contribution in [0.5, 0.6) is 0 Å². The third-order valence-electron chi connectivity index (χ3n) is 4.34. The van der Waals surface area contributed by atoms with Crippen LogP contribution in [0, 0.1) is 0 Å². The van der Waals surface area contributed by atoms with Crippen molar-refractivity contribution in [3.05, 3.63) is 41.4 Å². The maximum absolute atomic E-state index is 12.5. The highest BCUT2D eigenvalue weighted by molar-refractivity contribution is 7.99. The summed E-state index contributed by atoms with van der Waals surface area (Å²) < 4.78 is 5.78. The molecule has 1 saturated heterocycles. The number of rotatable bonds is 5. The van der Waals surface area contributed by atoms with Crippen molar-refractivity contribution >= 4 is 54.1 Å². The standard InChI is InChI=1S/C18H22ClN3O2S.2ClH/c1-12(18(23)22-8-6-15(20)7-9-22)25-11-17-21-10-16(24-17)13-2-4-14(19)5-3-13;;/h2-5,10,12,15H,6-9,11,20H2,1H3;2*1H. The van der Waals surface area contributed by atoms with Crippen LogP contribution >= 0.6 is 48.2 Å². The summed E-state index contributed by atoms with van der Waals surface area (Å²) in [5, 5.41) is 0.560. The number of oxazole rings is 1. The van der Waals surface area contributed by atoms with E-state index < -0.39 is 0 Å². The second kappa shape index (κ2) is 11.2. The van der Waals surface area contributed by atoms with Crippen LogP contribution in [0.25, 0.3) is 11.3 Å². The lowest BCUT2D eigenvalue weighted by Gasteiger charge is -2.31. The average Bonchev–Trinajstić information content (AvgIpc) is 3.09. The van der Waals surface area contributed by atoms with E-state index in [1.165, 1.54) is 0 Å². The average molecular weight is 453 g/mol. The lowest BCUT2D eigenvalue weighted by molar-refractivity contribution is -0.131. The zero-order valence-corrected chi connectivity index (χ0v) is 18.2. The summed E-state index contributed by atoms with van der Waals surface area (Å²) in [6.45, 7) is 3.44. The summed E-state index contributed by atoms with van der Waals surface area (Å²) in [6.07, 6.45) is 3.47. The van der Waals surface area contributed by atoms with Gasteiger partial charge in [-0.25, -0.2) is 4.98 Å². The van der Waals surface area contributed by atoms with E-state index in [1.54, 1.807) is 18.0 Å². The van der Waals surface area contributed by atoms with Gasteiger partial charge in [-0.05, 0) is 44.0 Å². The number of carbonyl (C=O) groups excluding carboxylic acids is 1. The molecule has 1 fully saturated rings. The number of hydrogen-bond acceptors (Lipinski definition) is 5. The third kappa shape index (κ3) is 6.57.